The molecule has 1 aliphatic carbocycles. The number of ether oxygens (including phenoxy) is 1. The molecule has 0 unspecified atom stereocenters. The zero-order valence-corrected chi connectivity index (χ0v) is 9.78. The highest BCUT2D eigenvalue weighted by Crippen LogP contribution is 2.36. The van der Waals surface area contributed by atoms with Crippen molar-refractivity contribution in [2.75, 3.05) is 7.11 Å². The lowest BCUT2D eigenvalue weighted by Gasteiger charge is -2.27. The molecule has 2 heterocycles. The Labute approximate surface area is 103 Å². The Hall–Kier alpha value is -2.02. The number of methoxy groups -OCH3 is 1. The van der Waals surface area contributed by atoms with Gasteiger partial charge in [0.15, 0.2) is 0 Å². The number of hydrogen-bond acceptors (Lipinski definition) is 7. The number of rotatable bonds is 3. The summed E-state index contributed by atoms with van der Waals surface area (Å²) in [7, 11) is 1.53. The first-order valence-electron chi connectivity index (χ1n) is 5.66. The van der Waals surface area contributed by atoms with Gasteiger partial charge in [0.25, 0.3) is 0 Å². The Kier molecular flexibility index (Phi) is 2.67. The predicted octanol–water partition coefficient (Wildman–Crippen LogP) is 0.773. The lowest BCUT2D eigenvalue weighted by Crippen LogP contribution is -2.26. The van der Waals surface area contributed by atoms with Crippen LogP contribution in [0, 0.1) is 0 Å². The van der Waals surface area contributed by atoms with Crippen molar-refractivity contribution < 1.29 is 14.4 Å². The van der Waals surface area contributed by atoms with Crippen molar-refractivity contribution in [2.45, 2.75) is 24.9 Å². The van der Waals surface area contributed by atoms with Crippen LogP contribution in [0.15, 0.2) is 16.7 Å². The van der Waals surface area contributed by atoms with Crippen LogP contribution in [0.4, 0.5) is 0 Å². The van der Waals surface area contributed by atoms with Crippen LogP contribution in [0.3, 0.4) is 0 Å². The fourth-order valence-corrected chi connectivity index (χ4v) is 1.84. The van der Waals surface area contributed by atoms with Gasteiger partial charge >= 0.3 is 0 Å². The van der Waals surface area contributed by atoms with Gasteiger partial charge in [-0.1, -0.05) is 5.16 Å². The summed E-state index contributed by atoms with van der Waals surface area (Å²) in [6.07, 6.45) is 1.11. The normalized spacial score (nSPS) is 22.6. The average molecular weight is 248 g/mol. The highest BCUT2D eigenvalue weighted by atomic mass is 16.5. The van der Waals surface area contributed by atoms with E-state index in [1.165, 1.54) is 7.11 Å². The van der Waals surface area contributed by atoms with Gasteiger partial charge in [0.2, 0.25) is 17.6 Å². The first-order valence-corrected chi connectivity index (χ1v) is 5.66. The minimum atomic E-state index is -0.244. The smallest absolute Gasteiger partial charge is 0.233 e. The van der Waals surface area contributed by atoms with Gasteiger partial charge in [0.1, 0.15) is 5.69 Å². The van der Waals surface area contributed by atoms with Crippen molar-refractivity contribution in [2.24, 2.45) is 0 Å². The fraction of sp³-hybridized carbons (Fsp3) is 0.455. The Morgan fingerprint density at radius 2 is 2.17 bits per heavy atom. The van der Waals surface area contributed by atoms with Crippen LogP contribution in [0.1, 0.15) is 24.7 Å². The third-order valence-corrected chi connectivity index (χ3v) is 2.98. The van der Waals surface area contributed by atoms with E-state index in [0.29, 0.717) is 36.1 Å². The molecule has 0 saturated heterocycles. The maximum absolute atomic E-state index is 9.24. The zero-order chi connectivity index (χ0) is 12.5. The van der Waals surface area contributed by atoms with E-state index in [-0.39, 0.29) is 12.0 Å². The second-order valence-corrected chi connectivity index (χ2v) is 4.24. The maximum atomic E-state index is 9.24. The molecule has 7 nitrogen and oxygen atoms in total. The van der Waals surface area contributed by atoms with Crippen molar-refractivity contribution in [3.05, 3.63) is 18.0 Å². The first kappa shape index (κ1) is 11.1. The largest absolute Gasteiger partial charge is 0.480 e. The number of hydrogen-bond donors (Lipinski definition) is 1. The van der Waals surface area contributed by atoms with E-state index in [4.69, 9.17) is 9.26 Å². The van der Waals surface area contributed by atoms with Crippen molar-refractivity contribution in [3.63, 3.8) is 0 Å². The SMILES string of the molecule is COc1ccc(-c2noc(C3CC(O)C3)n2)nn1. The van der Waals surface area contributed by atoms with Crippen LogP contribution in [0.25, 0.3) is 11.5 Å². The Bertz CT molecular complexity index is 533. The molecule has 1 fully saturated rings. The molecule has 0 bridgehead atoms. The molecule has 2 aromatic heterocycles. The van der Waals surface area contributed by atoms with Gasteiger partial charge in [0.05, 0.1) is 13.2 Å². The molecule has 0 radical (unpaired) electrons. The molecular formula is C11H12N4O3. The summed E-state index contributed by atoms with van der Waals surface area (Å²) in [6, 6.07) is 3.40. The van der Waals surface area contributed by atoms with E-state index in [1.54, 1.807) is 12.1 Å². The first-order chi connectivity index (χ1) is 8.76. The van der Waals surface area contributed by atoms with Crippen LogP contribution in [0.2, 0.25) is 0 Å². The number of nitrogens with zero attached hydrogens (tertiary/aromatic N) is 4. The molecule has 0 atom stereocenters. The van der Waals surface area contributed by atoms with Gasteiger partial charge in [-0.05, 0) is 18.9 Å². The van der Waals surface area contributed by atoms with Crippen molar-refractivity contribution in [3.8, 4) is 17.4 Å². The third-order valence-electron chi connectivity index (χ3n) is 2.98. The lowest BCUT2D eigenvalue weighted by molar-refractivity contribution is 0.0625. The van der Waals surface area contributed by atoms with Crippen LogP contribution >= 0.6 is 0 Å². The molecule has 0 aromatic carbocycles. The number of aliphatic hydroxyl groups is 1. The molecule has 3 rings (SSSR count). The van der Waals surface area contributed by atoms with E-state index in [0.717, 1.165) is 0 Å². The van der Waals surface area contributed by atoms with Crippen LogP contribution in [-0.4, -0.2) is 38.7 Å². The Morgan fingerprint density at radius 1 is 1.33 bits per heavy atom. The van der Waals surface area contributed by atoms with E-state index >= 15 is 0 Å². The highest BCUT2D eigenvalue weighted by Gasteiger charge is 2.33. The van der Waals surface area contributed by atoms with Gasteiger partial charge in [0, 0.05) is 12.0 Å². The molecule has 0 amide bonds. The van der Waals surface area contributed by atoms with Crippen molar-refractivity contribution >= 4 is 0 Å². The number of aromatic nitrogens is 4. The van der Waals surface area contributed by atoms with Gasteiger partial charge in [-0.15, -0.1) is 10.2 Å². The van der Waals surface area contributed by atoms with E-state index < -0.39 is 0 Å². The topological polar surface area (TPSA) is 94.2 Å². The standard InChI is InChI=1S/C11H12N4O3/c1-17-9-3-2-8(13-14-9)10-12-11(18-15-10)6-4-7(16)5-6/h2-3,6-7,16H,4-5H2,1H3. The van der Waals surface area contributed by atoms with Gasteiger partial charge in [-0.2, -0.15) is 4.98 Å². The summed E-state index contributed by atoms with van der Waals surface area (Å²) in [5, 5.41) is 20.9. The molecule has 1 N–H and O–H groups in total. The van der Waals surface area contributed by atoms with E-state index in [9.17, 15) is 5.11 Å². The monoisotopic (exact) mass is 248 g/mol. The Balaban J connectivity index is 1.79. The molecule has 2 aromatic rings. The van der Waals surface area contributed by atoms with Crippen molar-refractivity contribution in [1.29, 1.82) is 0 Å². The maximum Gasteiger partial charge on any atom is 0.233 e. The minimum Gasteiger partial charge on any atom is -0.480 e. The second kappa shape index (κ2) is 4.34. The quantitative estimate of drug-likeness (QED) is 0.857. The lowest BCUT2D eigenvalue weighted by atomic mass is 9.82. The summed E-state index contributed by atoms with van der Waals surface area (Å²) in [4.78, 5) is 4.26. The van der Waals surface area contributed by atoms with Gasteiger partial charge < -0.3 is 14.4 Å². The summed E-state index contributed by atoms with van der Waals surface area (Å²) in [6.45, 7) is 0. The highest BCUT2D eigenvalue weighted by molar-refractivity contribution is 5.47. The van der Waals surface area contributed by atoms with Crippen molar-refractivity contribution in [1.82, 2.24) is 20.3 Å². The molecule has 7 heteroatoms. The van der Waals surface area contributed by atoms with Gasteiger partial charge in [-0.25, -0.2) is 0 Å². The molecule has 1 saturated carbocycles. The average Bonchev–Trinajstić information content (AvgIpc) is 2.84. The third kappa shape index (κ3) is 1.92. The summed E-state index contributed by atoms with van der Waals surface area (Å²) >= 11 is 0. The van der Waals surface area contributed by atoms with Crippen LogP contribution in [-0.2, 0) is 0 Å². The molecular weight excluding hydrogens is 236 g/mol. The molecule has 0 aliphatic heterocycles. The van der Waals surface area contributed by atoms with Crippen LogP contribution in [0.5, 0.6) is 5.88 Å². The number of aliphatic hydroxyl groups excluding tert-OH is 1. The van der Waals surface area contributed by atoms with E-state index in [1.807, 2.05) is 0 Å². The molecule has 18 heavy (non-hydrogen) atoms. The summed E-state index contributed by atoms with van der Waals surface area (Å²) in [5.41, 5.74) is 0.533. The zero-order valence-electron chi connectivity index (χ0n) is 9.78. The van der Waals surface area contributed by atoms with E-state index in [2.05, 4.69) is 20.3 Å². The predicted molar refractivity (Wildman–Crippen MR) is 59.9 cm³/mol. The molecule has 0 spiro atoms. The summed E-state index contributed by atoms with van der Waals surface area (Å²) in [5.74, 6) is 1.55. The van der Waals surface area contributed by atoms with Crippen LogP contribution < -0.4 is 4.74 Å². The minimum absolute atomic E-state index is 0.160. The summed E-state index contributed by atoms with van der Waals surface area (Å²) < 4.78 is 10.1. The fourth-order valence-electron chi connectivity index (χ4n) is 1.84. The Morgan fingerprint density at radius 3 is 2.78 bits per heavy atom. The van der Waals surface area contributed by atoms with Gasteiger partial charge in [-0.3, -0.25) is 0 Å². The molecule has 94 valence electrons. The second-order valence-electron chi connectivity index (χ2n) is 4.24. The molecule has 1 aliphatic rings.